The van der Waals surface area contributed by atoms with Crippen molar-refractivity contribution in [3.05, 3.63) is 35.9 Å². The number of nitrogens with zero attached hydrogens (tertiary/aromatic N) is 1. The first kappa shape index (κ1) is 14.0. The number of rotatable bonds is 5. The molecule has 4 nitrogen and oxygen atoms in total. The van der Waals surface area contributed by atoms with Crippen LogP contribution in [0.2, 0.25) is 0 Å². The molecule has 2 rings (SSSR count). The first-order chi connectivity index (χ1) is 9.06. The maximum atomic E-state index is 10.9. The van der Waals surface area contributed by atoms with Crippen molar-refractivity contribution >= 4 is 5.97 Å². The molecule has 0 radical (unpaired) electrons. The predicted molar refractivity (Wildman–Crippen MR) is 74.9 cm³/mol. The lowest BCUT2D eigenvalue weighted by Crippen LogP contribution is -2.44. The van der Waals surface area contributed by atoms with E-state index in [1.54, 1.807) is 6.92 Å². The van der Waals surface area contributed by atoms with Gasteiger partial charge < -0.3 is 10.4 Å². The largest absolute Gasteiger partial charge is 0.480 e. The quantitative estimate of drug-likeness (QED) is 0.846. The highest BCUT2D eigenvalue weighted by atomic mass is 16.4. The SMILES string of the molecule is CC(NC1CN(Cc2ccccc2)CC1C)C(=O)O. The molecule has 1 saturated heterocycles. The summed E-state index contributed by atoms with van der Waals surface area (Å²) in [7, 11) is 0. The van der Waals surface area contributed by atoms with Crippen LogP contribution in [0.15, 0.2) is 30.3 Å². The third kappa shape index (κ3) is 3.78. The van der Waals surface area contributed by atoms with Crippen molar-refractivity contribution in [2.75, 3.05) is 13.1 Å². The lowest BCUT2D eigenvalue weighted by Gasteiger charge is -2.19. The van der Waals surface area contributed by atoms with E-state index in [-0.39, 0.29) is 6.04 Å². The van der Waals surface area contributed by atoms with Gasteiger partial charge in [-0.05, 0) is 18.4 Å². The fourth-order valence-corrected chi connectivity index (χ4v) is 2.65. The Labute approximate surface area is 114 Å². The number of aliphatic carboxylic acids is 1. The Kier molecular flexibility index (Phi) is 4.56. The minimum Gasteiger partial charge on any atom is -0.480 e. The van der Waals surface area contributed by atoms with Crippen LogP contribution in [-0.2, 0) is 11.3 Å². The second kappa shape index (κ2) is 6.17. The molecule has 0 amide bonds. The van der Waals surface area contributed by atoms with Gasteiger partial charge in [-0.1, -0.05) is 37.3 Å². The van der Waals surface area contributed by atoms with Gasteiger partial charge in [-0.2, -0.15) is 0 Å². The van der Waals surface area contributed by atoms with Gasteiger partial charge >= 0.3 is 5.97 Å². The van der Waals surface area contributed by atoms with Gasteiger partial charge in [0.05, 0.1) is 0 Å². The summed E-state index contributed by atoms with van der Waals surface area (Å²) >= 11 is 0. The average Bonchev–Trinajstić information content (AvgIpc) is 2.70. The first-order valence-electron chi connectivity index (χ1n) is 6.81. The Bertz CT molecular complexity index is 421. The van der Waals surface area contributed by atoms with Crippen LogP contribution in [0.1, 0.15) is 19.4 Å². The van der Waals surface area contributed by atoms with Crippen molar-refractivity contribution in [1.82, 2.24) is 10.2 Å². The van der Waals surface area contributed by atoms with E-state index in [0.29, 0.717) is 5.92 Å². The summed E-state index contributed by atoms with van der Waals surface area (Å²) in [5.41, 5.74) is 1.31. The van der Waals surface area contributed by atoms with Crippen LogP contribution in [-0.4, -0.2) is 41.1 Å². The van der Waals surface area contributed by atoms with Crippen LogP contribution in [0.3, 0.4) is 0 Å². The molecule has 1 heterocycles. The Hall–Kier alpha value is -1.39. The summed E-state index contributed by atoms with van der Waals surface area (Å²) in [6.07, 6.45) is 0. The fraction of sp³-hybridized carbons (Fsp3) is 0.533. The molecule has 3 atom stereocenters. The minimum atomic E-state index is -0.784. The van der Waals surface area contributed by atoms with Crippen LogP contribution >= 0.6 is 0 Å². The number of benzene rings is 1. The number of carbonyl (C=O) groups is 1. The molecule has 0 saturated carbocycles. The Balaban J connectivity index is 1.88. The number of nitrogens with one attached hydrogen (secondary N) is 1. The molecule has 1 aliphatic heterocycles. The first-order valence-corrected chi connectivity index (χ1v) is 6.81. The van der Waals surface area contributed by atoms with Gasteiger partial charge in [-0.25, -0.2) is 0 Å². The summed E-state index contributed by atoms with van der Waals surface area (Å²) in [5.74, 6) is -0.306. The lowest BCUT2D eigenvalue weighted by atomic mass is 10.1. The van der Waals surface area contributed by atoms with E-state index in [2.05, 4.69) is 41.4 Å². The Morgan fingerprint density at radius 1 is 1.42 bits per heavy atom. The molecule has 0 aromatic heterocycles. The van der Waals surface area contributed by atoms with E-state index in [1.807, 2.05) is 6.07 Å². The highest BCUT2D eigenvalue weighted by Crippen LogP contribution is 2.19. The zero-order valence-corrected chi connectivity index (χ0v) is 11.5. The maximum Gasteiger partial charge on any atom is 0.320 e. The molecular formula is C15H22N2O2. The van der Waals surface area contributed by atoms with Gasteiger partial charge in [-0.3, -0.25) is 9.69 Å². The number of carboxylic acids is 1. The van der Waals surface area contributed by atoms with Crippen LogP contribution < -0.4 is 5.32 Å². The molecule has 0 bridgehead atoms. The fourth-order valence-electron chi connectivity index (χ4n) is 2.65. The van der Waals surface area contributed by atoms with Crippen LogP contribution in [0, 0.1) is 5.92 Å². The smallest absolute Gasteiger partial charge is 0.320 e. The third-order valence-electron chi connectivity index (χ3n) is 3.77. The van der Waals surface area contributed by atoms with Crippen molar-refractivity contribution in [3.63, 3.8) is 0 Å². The number of hydrogen-bond acceptors (Lipinski definition) is 3. The van der Waals surface area contributed by atoms with Crippen molar-refractivity contribution in [1.29, 1.82) is 0 Å². The van der Waals surface area contributed by atoms with E-state index in [0.717, 1.165) is 19.6 Å². The summed E-state index contributed by atoms with van der Waals surface area (Å²) in [5, 5.41) is 12.2. The van der Waals surface area contributed by atoms with Crippen molar-refractivity contribution in [2.24, 2.45) is 5.92 Å². The molecule has 1 fully saturated rings. The number of likely N-dealkylation sites (tertiary alicyclic amines) is 1. The standard InChI is InChI=1S/C15H22N2O2/c1-11-8-17(9-13-6-4-3-5-7-13)10-14(11)16-12(2)15(18)19/h3-7,11-12,14,16H,8-10H2,1-2H3,(H,18,19). The number of hydrogen-bond donors (Lipinski definition) is 2. The summed E-state index contributed by atoms with van der Waals surface area (Å²) < 4.78 is 0. The topological polar surface area (TPSA) is 52.6 Å². The van der Waals surface area contributed by atoms with Gasteiger partial charge in [0.25, 0.3) is 0 Å². The average molecular weight is 262 g/mol. The lowest BCUT2D eigenvalue weighted by molar-refractivity contribution is -0.139. The molecule has 0 spiro atoms. The van der Waals surface area contributed by atoms with Gasteiger partial charge in [-0.15, -0.1) is 0 Å². The molecule has 1 aromatic carbocycles. The maximum absolute atomic E-state index is 10.9. The molecule has 0 aliphatic carbocycles. The molecule has 1 aliphatic rings. The Morgan fingerprint density at radius 3 is 2.74 bits per heavy atom. The van der Waals surface area contributed by atoms with E-state index in [1.165, 1.54) is 5.56 Å². The molecule has 4 heteroatoms. The predicted octanol–water partition coefficient (Wildman–Crippen LogP) is 1.57. The highest BCUT2D eigenvalue weighted by molar-refractivity contribution is 5.72. The van der Waals surface area contributed by atoms with Crippen molar-refractivity contribution < 1.29 is 9.90 Å². The van der Waals surface area contributed by atoms with Crippen molar-refractivity contribution in [3.8, 4) is 0 Å². The summed E-state index contributed by atoms with van der Waals surface area (Å²) in [4.78, 5) is 13.3. The third-order valence-corrected chi connectivity index (χ3v) is 3.77. The Morgan fingerprint density at radius 2 is 2.11 bits per heavy atom. The summed E-state index contributed by atoms with van der Waals surface area (Å²) in [6, 6.07) is 10.2. The van der Waals surface area contributed by atoms with Gasteiger partial charge in [0.15, 0.2) is 0 Å². The van der Waals surface area contributed by atoms with Gasteiger partial charge in [0.2, 0.25) is 0 Å². The summed E-state index contributed by atoms with van der Waals surface area (Å²) in [6.45, 7) is 6.74. The van der Waals surface area contributed by atoms with Gasteiger partial charge in [0, 0.05) is 25.7 Å². The van der Waals surface area contributed by atoms with Gasteiger partial charge in [0.1, 0.15) is 6.04 Å². The second-order valence-electron chi connectivity index (χ2n) is 5.49. The second-order valence-corrected chi connectivity index (χ2v) is 5.49. The van der Waals surface area contributed by atoms with Crippen molar-refractivity contribution in [2.45, 2.75) is 32.5 Å². The minimum absolute atomic E-state index is 0.259. The molecule has 104 valence electrons. The number of carboxylic acid groups (broad SMARTS) is 1. The van der Waals surface area contributed by atoms with Crippen LogP contribution in [0.5, 0.6) is 0 Å². The van der Waals surface area contributed by atoms with E-state index in [4.69, 9.17) is 5.11 Å². The van der Waals surface area contributed by atoms with Crippen LogP contribution in [0.25, 0.3) is 0 Å². The van der Waals surface area contributed by atoms with E-state index >= 15 is 0 Å². The zero-order valence-electron chi connectivity index (χ0n) is 11.5. The van der Waals surface area contributed by atoms with E-state index in [9.17, 15) is 4.79 Å². The molecule has 1 aromatic rings. The zero-order chi connectivity index (χ0) is 13.8. The molecular weight excluding hydrogens is 240 g/mol. The highest BCUT2D eigenvalue weighted by Gasteiger charge is 2.31. The van der Waals surface area contributed by atoms with Crippen LogP contribution in [0.4, 0.5) is 0 Å². The van der Waals surface area contributed by atoms with E-state index < -0.39 is 12.0 Å². The normalized spacial score (nSPS) is 25.4. The molecule has 3 unspecified atom stereocenters. The monoisotopic (exact) mass is 262 g/mol. The molecule has 19 heavy (non-hydrogen) atoms. The molecule has 2 N–H and O–H groups in total.